The number of carboxylic acids is 1. The number of carbonyl (C=O) groups is 2. The van der Waals surface area contributed by atoms with Gasteiger partial charge in [0.25, 0.3) is 0 Å². The Kier molecular flexibility index (Phi) is 6.35. The molecule has 2 rings (SSSR count). The van der Waals surface area contributed by atoms with E-state index < -0.39 is 35.9 Å². The summed E-state index contributed by atoms with van der Waals surface area (Å²) in [6.07, 6.45) is 1.26. The van der Waals surface area contributed by atoms with Gasteiger partial charge in [0.15, 0.2) is 5.54 Å². The molecule has 0 aliphatic carbocycles. The fourth-order valence-corrected chi connectivity index (χ4v) is 3.76. The number of carbonyl (C=O) groups excluding carboxylic acids is 1. The predicted molar refractivity (Wildman–Crippen MR) is 103 cm³/mol. The van der Waals surface area contributed by atoms with Crippen LogP contribution in [0, 0.1) is 5.92 Å². The summed E-state index contributed by atoms with van der Waals surface area (Å²) in [5, 5.41) is 13.3. The van der Waals surface area contributed by atoms with E-state index in [1.54, 1.807) is 6.92 Å². The first-order chi connectivity index (χ1) is 12.8. The fraction of sp³-hybridized carbons (Fsp3) is 0.882. The van der Waals surface area contributed by atoms with Gasteiger partial charge in [-0.15, -0.1) is 0 Å². The third-order valence-corrected chi connectivity index (χ3v) is 6.01. The van der Waals surface area contributed by atoms with Crippen molar-refractivity contribution in [2.45, 2.75) is 76.6 Å². The van der Waals surface area contributed by atoms with E-state index in [4.69, 9.17) is 20.6 Å². The largest absolute Gasteiger partial charge is 0.481 e. The maximum Gasteiger partial charge on any atom is 0.457 e. The van der Waals surface area contributed by atoms with Gasteiger partial charge in [-0.2, -0.15) is 0 Å². The molecule has 11 heteroatoms. The minimum atomic E-state index is -1.70. The van der Waals surface area contributed by atoms with Crippen LogP contribution >= 0.6 is 0 Å². The van der Waals surface area contributed by atoms with Crippen LogP contribution in [0.3, 0.4) is 0 Å². The first-order valence-corrected chi connectivity index (χ1v) is 9.53. The highest BCUT2D eigenvalue weighted by molar-refractivity contribution is 6.45. The van der Waals surface area contributed by atoms with Gasteiger partial charge < -0.3 is 25.0 Å². The zero-order valence-corrected chi connectivity index (χ0v) is 17.2. The topological polar surface area (TPSA) is 151 Å². The molecule has 0 aromatic carbocycles. The zero-order valence-electron chi connectivity index (χ0n) is 17.2. The lowest BCUT2D eigenvalue weighted by molar-refractivity contribution is -0.149. The average Bonchev–Trinajstić information content (AvgIpc) is 2.79. The second kappa shape index (κ2) is 7.90. The lowest BCUT2D eigenvalue weighted by Crippen LogP contribution is -2.58. The number of rotatable bonds is 6. The fourth-order valence-electron chi connectivity index (χ4n) is 3.76. The van der Waals surface area contributed by atoms with E-state index in [1.165, 1.54) is 4.90 Å². The van der Waals surface area contributed by atoms with Gasteiger partial charge in [-0.25, -0.2) is 0 Å². The summed E-state index contributed by atoms with van der Waals surface area (Å²) in [6.45, 7) is 9.59. The number of hydrogen-bond acceptors (Lipinski definition) is 6. The van der Waals surface area contributed by atoms with Gasteiger partial charge >= 0.3 is 13.1 Å². The van der Waals surface area contributed by atoms with Crippen molar-refractivity contribution in [1.82, 2.24) is 4.90 Å². The molecule has 1 amide bonds. The SMILES string of the molecule is CC(N)C(=O)N1C[C@@H](CCB2OC(C)(C)C(C)(C)O2)C[C@@](N=[N+]=[N-])(C(=O)O)C1. The molecule has 28 heavy (non-hydrogen) atoms. The van der Waals surface area contributed by atoms with Gasteiger partial charge in [-0.05, 0) is 58.8 Å². The molecule has 0 bridgehead atoms. The molecule has 0 aromatic heterocycles. The second-order valence-corrected chi connectivity index (χ2v) is 8.87. The highest BCUT2D eigenvalue weighted by atomic mass is 16.7. The van der Waals surface area contributed by atoms with Gasteiger partial charge in [0.1, 0.15) is 0 Å². The summed E-state index contributed by atoms with van der Waals surface area (Å²) in [5.74, 6) is -1.79. The number of aliphatic carboxylic acids is 1. The number of hydrogen-bond donors (Lipinski definition) is 2. The van der Waals surface area contributed by atoms with Crippen LogP contribution in [-0.4, -0.2) is 64.9 Å². The molecule has 2 heterocycles. The van der Waals surface area contributed by atoms with Gasteiger partial charge in [-0.3, -0.25) is 9.59 Å². The van der Waals surface area contributed by atoms with Crippen LogP contribution in [-0.2, 0) is 18.9 Å². The molecule has 2 fully saturated rings. The number of amides is 1. The molecule has 10 nitrogen and oxygen atoms in total. The van der Waals surface area contributed by atoms with Crippen LogP contribution in [0.1, 0.15) is 47.5 Å². The second-order valence-electron chi connectivity index (χ2n) is 8.87. The molecule has 2 aliphatic rings. The Bertz CT molecular complexity index is 659. The Labute approximate surface area is 165 Å². The van der Waals surface area contributed by atoms with Crippen LogP contribution in [0.25, 0.3) is 10.4 Å². The number of piperidine rings is 1. The predicted octanol–water partition coefficient (Wildman–Crippen LogP) is 1.80. The van der Waals surface area contributed by atoms with E-state index in [-0.39, 0.29) is 24.8 Å². The van der Waals surface area contributed by atoms with Crippen molar-refractivity contribution < 1.29 is 24.0 Å². The number of carboxylic acid groups (broad SMARTS) is 1. The third kappa shape index (κ3) is 4.43. The van der Waals surface area contributed by atoms with Crippen molar-refractivity contribution in [3.63, 3.8) is 0 Å². The van der Waals surface area contributed by atoms with Crippen molar-refractivity contribution in [1.29, 1.82) is 0 Å². The molecule has 156 valence electrons. The van der Waals surface area contributed by atoms with Crippen LogP contribution < -0.4 is 5.73 Å². The number of nitrogens with zero attached hydrogens (tertiary/aromatic N) is 4. The Balaban J connectivity index is 2.15. The lowest BCUT2D eigenvalue weighted by atomic mass is 9.74. The average molecular weight is 395 g/mol. The summed E-state index contributed by atoms with van der Waals surface area (Å²) in [7, 11) is -0.414. The maximum atomic E-state index is 12.4. The molecule has 0 aromatic rings. The van der Waals surface area contributed by atoms with Crippen LogP contribution in [0.2, 0.25) is 6.32 Å². The molecule has 1 unspecified atom stereocenters. The van der Waals surface area contributed by atoms with Crippen LogP contribution in [0.5, 0.6) is 0 Å². The van der Waals surface area contributed by atoms with E-state index in [0.29, 0.717) is 19.3 Å². The van der Waals surface area contributed by atoms with Crippen molar-refractivity contribution in [2.24, 2.45) is 16.8 Å². The van der Waals surface area contributed by atoms with E-state index in [2.05, 4.69) is 10.0 Å². The van der Waals surface area contributed by atoms with Gasteiger partial charge in [0.2, 0.25) is 5.91 Å². The summed E-state index contributed by atoms with van der Waals surface area (Å²) in [4.78, 5) is 28.4. The molecular formula is C17H30BN5O5. The van der Waals surface area contributed by atoms with E-state index >= 15 is 0 Å². The molecule has 3 atom stereocenters. The van der Waals surface area contributed by atoms with E-state index in [1.807, 2.05) is 27.7 Å². The Morgan fingerprint density at radius 1 is 1.36 bits per heavy atom. The summed E-state index contributed by atoms with van der Waals surface area (Å²) < 4.78 is 12.0. The quantitative estimate of drug-likeness (QED) is 0.303. The van der Waals surface area contributed by atoms with Crippen molar-refractivity contribution in [3.05, 3.63) is 10.4 Å². The number of likely N-dealkylation sites (tertiary alicyclic amines) is 1. The molecule has 0 radical (unpaired) electrons. The molecule has 0 spiro atoms. The van der Waals surface area contributed by atoms with E-state index in [9.17, 15) is 14.7 Å². The normalized spacial score (nSPS) is 29.9. The van der Waals surface area contributed by atoms with Crippen molar-refractivity contribution in [3.8, 4) is 0 Å². The maximum absolute atomic E-state index is 12.4. The van der Waals surface area contributed by atoms with Crippen LogP contribution in [0.4, 0.5) is 0 Å². The van der Waals surface area contributed by atoms with Gasteiger partial charge in [0.05, 0.1) is 17.2 Å². The first-order valence-electron chi connectivity index (χ1n) is 9.53. The summed E-state index contributed by atoms with van der Waals surface area (Å²) in [6, 6.07) is -0.764. The Hall–Kier alpha value is -1.81. The van der Waals surface area contributed by atoms with Crippen molar-refractivity contribution in [2.75, 3.05) is 13.1 Å². The number of azide groups is 1. The Morgan fingerprint density at radius 3 is 2.39 bits per heavy atom. The molecular weight excluding hydrogens is 365 g/mol. The smallest absolute Gasteiger partial charge is 0.457 e. The highest BCUT2D eigenvalue weighted by Gasteiger charge is 2.52. The monoisotopic (exact) mass is 395 g/mol. The summed E-state index contributed by atoms with van der Waals surface area (Å²) >= 11 is 0. The standard InChI is InChI=1S/C17H30BN5O5/c1-11(19)13(24)23-9-12(8-17(10-23,14(25)26)21-22-20)6-7-18-27-15(2,3)16(4,5)28-18/h11-12H,6-10,19H2,1-5H3,(H,25,26)/t11?,12-,17-/m0/s1. The van der Waals surface area contributed by atoms with Gasteiger partial charge in [-0.1, -0.05) is 11.5 Å². The number of nitrogens with two attached hydrogens (primary N) is 1. The first kappa shape index (κ1) is 22.5. The zero-order chi connectivity index (χ0) is 21.3. The highest BCUT2D eigenvalue weighted by Crippen LogP contribution is 2.39. The van der Waals surface area contributed by atoms with E-state index in [0.717, 1.165) is 0 Å². The summed E-state index contributed by atoms with van der Waals surface area (Å²) in [5.41, 5.74) is 12.0. The minimum absolute atomic E-state index is 0.147. The molecule has 2 saturated heterocycles. The molecule has 0 saturated carbocycles. The lowest BCUT2D eigenvalue weighted by Gasteiger charge is -2.42. The van der Waals surface area contributed by atoms with Crippen molar-refractivity contribution >= 4 is 19.0 Å². The third-order valence-electron chi connectivity index (χ3n) is 6.01. The minimum Gasteiger partial charge on any atom is -0.481 e. The Morgan fingerprint density at radius 2 is 1.93 bits per heavy atom. The molecule has 3 N–H and O–H groups in total. The van der Waals surface area contributed by atoms with Crippen LogP contribution in [0.15, 0.2) is 5.11 Å². The molecule has 2 aliphatic heterocycles. The van der Waals surface area contributed by atoms with Gasteiger partial charge in [0, 0.05) is 18.0 Å².